The number of rotatable bonds is 8. The Morgan fingerprint density at radius 2 is 1.94 bits per heavy atom. The minimum atomic E-state index is 0.125. The molecule has 0 heterocycles. The number of hydrogen-bond acceptors (Lipinski definition) is 2. The monoisotopic (exact) mass is 240 g/mol. The van der Waals surface area contributed by atoms with Gasteiger partial charge in [0, 0.05) is 12.1 Å². The van der Waals surface area contributed by atoms with Crippen LogP contribution in [0.4, 0.5) is 0 Å². The van der Waals surface area contributed by atoms with Crippen LogP contribution in [-0.2, 0) is 4.79 Å². The molecule has 1 rings (SSSR count). The zero-order valence-corrected chi connectivity index (χ0v) is 11.8. The molecule has 1 aliphatic carbocycles. The molecular formula is C14H28N2O. The average Bonchev–Trinajstić information content (AvgIpc) is 3.07. The molecule has 3 heteroatoms. The largest absolute Gasteiger partial charge is 0.352 e. The first-order chi connectivity index (χ1) is 8.02. The maximum atomic E-state index is 11.7. The van der Waals surface area contributed by atoms with Crippen molar-refractivity contribution in [3.05, 3.63) is 0 Å². The van der Waals surface area contributed by atoms with Gasteiger partial charge < -0.3 is 10.6 Å². The fraction of sp³-hybridized carbons (Fsp3) is 0.929. The molecule has 0 bridgehead atoms. The van der Waals surface area contributed by atoms with E-state index in [4.69, 9.17) is 0 Å². The molecule has 1 fully saturated rings. The van der Waals surface area contributed by atoms with Crippen molar-refractivity contribution in [1.29, 1.82) is 0 Å². The van der Waals surface area contributed by atoms with Crippen LogP contribution in [0.3, 0.4) is 0 Å². The van der Waals surface area contributed by atoms with Gasteiger partial charge in [0.25, 0.3) is 0 Å². The fourth-order valence-electron chi connectivity index (χ4n) is 1.86. The Labute approximate surface area is 106 Å². The summed E-state index contributed by atoms with van der Waals surface area (Å²) in [6, 6.07) is 0.774. The predicted molar refractivity (Wildman–Crippen MR) is 71.9 cm³/mol. The molecule has 0 saturated heterocycles. The van der Waals surface area contributed by atoms with Gasteiger partial charge in [-0.05, 0) is 31.6 Å². The van der Waals surface area contributed by atoms with Crippen LogP contribution in [-0.4, -0.2) is 24.5 Å². The van der Waals surface area contributed by atoms with Gasteiger partial charge in [-0.2, -0.15) is 0 Å². The van der Waals surface area contributed by atoms with Gasteiger partial charge >= 0.3 is 0 Å². The number of carbonyl (C=O) groups excluding carboxylic acids is 1. The van der Waals surface area contributed by atoms with Gasteiger partial charge in [0.05, 0.1) is 6.54 Å². The van der Waals surface area contributed by atoms with E-state index >= 15 is 0 Å². The Balaban J connectivity index is 2.16. The number of hydrogen-bond donors (Lipinski definition) is 2. The summed E-state index contributed by atoms with van der Waals surface area (Å²) in [5.41, 5.74) is 0. The topological polar surface area (TPSA) is 41.1 Å². The van der Waals surface area contributed by atoms with Gasteiger partial charge in [0.1, 0.15) is 0 Å². The summed E-state index contributed by atoms with van der Waals surface area (Å²) < 4.78 is 0. The Bertz CT molecular complexity index is 236. The first-order valence-electron chi connectivity index (χ1n) is 7.05. The molecule has 0 aromatic heterocycles. The molecule has 1 saturated carbocycles. The smallest absolute Gasteiger partial charge is 0.234 e. The zero-order valence-electron chi connectivity index (χ0n) is 11.8. The third-order valence-electron chi connectivity index (χ3n) is 3.75. The van der Waals surface area contributed by atoms with Crippen LogP contribution in [0.2, 0.25) is 0 Å². The predicted octanol–water partition coefficient (Wildman–Crippen LogP) is 2.32. The summed E-state index contributed by atoms with van der Waals surface area (Å²) >= 11 is 0. The van der Waals surface area contributed by atoms with E-state index in [1.54, 1.807) is 0 Å². The lowest BCUT2D eigenvalue weighted by atomic mass is 10.1. The molecule has 0 aromatic rings. The number of carbonyl (C=O) groups is 1. The lowest BCUT2D eigenvalue weighted by Crippen LogP contribution is -2.43. The van der Waals surface area contributed by atoms with Crippen molar-refractivity contribution < 1.29 is 4.79 Å². The average molecular weight is 240 g/mol. The van der Waals surface area contributed by atoms with Gasteiger partial charge in [-0.1, -0.05) is 33.6 Å². The van der Waals surface area contributed by atoms with Crippen molar-refractivity contribution in [2.45, 2.75) is 65.5 Å². The lowest BCUT2D eigenvalue weighted by Gasteiger charge is -2.20. The van der Waals surface area contributed by atoms with Crippen molar-refractivity contribution in [2.75, 3.05) is 6.54 Å². The quantitative estimate of drug-likeness (QED) is 0.683. The van der Waals surface area contributed by atoms with Gasteiger partial charge in [0.15, 0.2) is 0 Å². The molecule has 100 valence electrons. The molecule has 2 N–H and O–H groups in total. The van der Waals surface area contributed by atoms with Gasteiger partial charge in [0.2, 0.25) is 5.91 Å². The molecule has 1 amide bonds. The van der Waals surface area contributed by atoms with Gasteiger partial charge in [-0.15, -0.1) is 0 Å². The van der Waals surface area contributed by atoms with Crippen LogP contribution < -0.4 is 10.6 Å². The van der Waals surface area contributed by atoms with E-state index in [9.17, 15) is 4.79 Å². The normalized spacial score (nSPS) is 19.1. The Hall–Kier alpha value is -0.570. The first kappa shape index (κ1) is 14.5. The molecule has 2 atom stereocenters. The molecule has 0 radical (unpaired) electrons. The molecule has 0 spiro atoms. The summed E-state index contributed by atoms with van der Waals surface area (Å²) in [5.74, 6) is 1.54. The second-order valence-corrected chi connectivity index (χ2v) is 5.77. The van der Waals surface area contributed by atoms with Crippen molar-refractivity contribution in [1.82, 2.24) is 10.6 Å². The summed E-state index contributed by atoms with van der Waals surface area (Å²) in [5, 5.41) is 6.40. The van der Waals surface area contributed by atoms with Crippen LogP contribution in [0.15, 0.2) is 0 Å². The fourth-order valence-corrected chi connectivity index (χ4v) is 1.86. The molecular weight excluding hydrogens is 212 g/mol. The minimum Gasteiger partial charge on any atom is -0.352 e. The lowest BCUT2D eigenvalue weighted by molar-refractivity contribution is -0.121. The first-order valence-corrected chi connectivity index (χ1v) is 7.05. The Morgan fingerprint density at radius 3 is 2.41 bits per heavy atom. The Kier molecular flexibility index (Phi) is 5.96. The second-order valence-electron chi connectivity index (χ2n) is 5.77. The molecule has 17 heavy (non-hydrogen) atoms. The van der Waals surface area contributed by atoms with Gasteiger partial charge in [-0.25, -0.2) is 0 Å². The highest BCUT2D eigenvalue weighted by Crippen LogP contribution is 2.33. The highest BCUT2D eigenvalue weighted by atomic mass is 16.1. The van der Waals surface area contributed by atoms with Crippen molar-refractivity contribution in [2.24, 2.45) is 11.8 Å². The number of amides is 1. The van der Waals surface area contributed by atoms with Crippen LogP contribution in [0.1, 0.15) is 53.4 Å². The molecule has 0 aliphatic heterocycles. The van der Waals surface area contributed by atoms with E-state index in [2.05, 4.69) is 38.3 Å². The van der Waals surface area contributed by atoms with Crippen molar-refractivity contribution in [3.63, 3.8) is 0 Å². The van der Waals surface area contributed by atoms with Crippen LogP contribution in [0.5, 0.6) is 0 Å². The summed E-state index contributed by atoms with van der Waals surface area (Å²) in [4.78, 5) is 11.7. The van der Waals surface area contributed by atoms with Crippen LogP contribution in [0.25, 0.3) is 0 Å². The Morgan fingerprint density at radius 1 is 1.29 bits per heavy atom. The minimum absolute atomic E-state index is 0.125. The van der Waals surface area contributed by atoms with E-state index in [0.29, 0.717) is 18.5 Å². The molecule has 1 aliphatic rings. The molecule has 0 aromatic carbocycles. The maximum Gasteiger partial charge on any atom is 0.234 e. The number of nitrogens with one attached hydrogen (secondary N) is 2. The SMILES string of the molecule is CCC(CC1CC1)NCC(=O)NC(C)C(C)C. The highest BCUT2D eigenvalue weighted by molar-refractivity contribution is 5.78. The van der Waals surface area contributed by atoms with Crippen molar-refractivity contribution >= 4 is 5.91 Å². The van der Waals surface area contributed by atoms with Gasteiger partial charge in [-0.3, -0.25) is 4.79 Å². The summed E-state index contributed by atoms with van der Waals surface area (Å²) in [6.45, 7) is 8.96. The third-order valence-corrected chi connectivity index (χ3v) is 3.75. The van der Waals surface area contributed by atoms with E-state index in [-0.39, 0.29) is 11.9 Å². The summed E-state index contributed by atoms with van der Waals surface area (Å²) in [7, 11) is 0. The standard InChI is InChI=1S/C14H28N2O/c1-5-13(8-12-6-7-12)15-9-14(17)16-11(4)10(2)3/h10-13,15H,5-9H2,1-4H3,(H,16,17). The van der Waals surface area contributed by atoms with Crippen molar-refractivity contribution in [3.8, 4) is 0 Å². The zero-order chi connectivity index (χ0) is 12.8. The molecule has 3 nitrogen and oxygen atoms in total. The highest BCUT2D eigenvalue weighted by Gasteiger charge is 2.24. The summed E-state index contributed by atoms with van der Waals surface area (Å²) in [6.07, 6.45) is 5.12. The van der Waals surface area contributed by atoms with E-state index in [1.807, 2.05) is 0 Å². The maximum absolute atomic E-state index is 11.7. The van der Waals surface area contributed by atoms with Crippen LogP contribution in [0, 0.1) is 11.8 Å². The van der Waals surface area contributed by atoms with E-state index < -0.39 is 0 Å². The third kappa shape index (κ3) is 6.06. The second kappa shape index (κ2) is 7.00. The van der Waals surface area contributed by atoms with E-state index in [1.165, 1.54) is 19.3 Å². The van der Waals surface area contributed by atoms with E-state index in [0.717, 1.165) is 12.3 Å². The van der Waals surface area contributed by atoms with Crippen LogP contribution >= 0.6 is 0 Å². The molecule has 2 unspecified atom stereocenters.